The summed E-state index contributed by atoms with van der Waals surface area (Å²) < 4.78 is 6.25. The molecule has 0 unspecified atom stereocenters. The average molecular weight is 480 g/mol. The third-order valence-corrected chi connectivity index (χ3v) is 5.86. The lowest BCUT2D eigenvalue weighted by molar-refractivity contribution is 0.0313. The van der Waals surface area contributed by atoms with Crippen LogP contribution in [0.25, 0.3) is 0 Å². The van der Waals surface area contributed by atoms with E-state index in [0.717, 1.165) is 0 Å². The van der Waals surface area contributed by atoms with Gasteiger partial charge in [-0.3, -0.25) is 19.5 Å². The second kappa shape index (κ2) is 11.8. The van der Waals surface area contributed by atoms with Gasteiger partial charge in [0.15, 0.2) is 0 Å². The minimum Gasteiger partial charge on any atom is -0.472 e. The van der Waals surface area contributed by atoms with E-state index < -0.39 is 12.1 Å². The molecule has 3 rings (SSSR count). The van der Waals surface area contributed by atoms with Crippen LogP contribution in [0.1, 0.15) is 40.1 Å². The van der Waals surface area contributed by atoms with Crippen LogP contribution in [0, 0.1) is 17.8 Å². The Hall–Kier alpha value is -3.48. The van der Waals surface area contributed by atoms with Gasteiger partial charge in [-0.05, 0) is 39.2 Å². The number of aliphatic hydroxyl groups is 1. The summed E-state index contributed by atoms with van der Waals surface area (Å²) in [4.78, 5) is 40.0. The van der Waals surface area contributed by atoms with Gasteiger partial charge in [-0.15, -0.1) is 0 Å². The average Bonchev–Trinajstić information content (AvgIpc) is 2.85. The van der Waals surface area contributed by atoms with E-state index >= 15 is 0 Å². The summed E-state index contributed by atoms with van der Waals surface area (Å²) in [6, 6.07) is 4.72. The van der Waals surface area contributed by atoms with E-state index in [1.807, 2.05) is 25.9 Å². The van der Waals surface area contributed by atoms with Crippen molar-refractivity contribution in [3.63, 3.8) is 0 Å². The number of amides is 2. The van der Waals surface area contributed by atoms with Gasteiger partial charge in [0.1, 0.15) is 11.7 Å². The predicted octanol–water partition coefficient (Wildman–Crippen LogP) is 1.38. The molecule has 1 aliphatic heterocycles. The molecule has 9 nitrogen and oxygen atoms in total. The SMILES string of the molecule is C[C@H](CO)N1C[C@H](C)[C@@H](CN(C)C(=O)c2cccnc2)Oc2ncc(C#CCN(C)C)cc2C1=O. The maximum atomic E-state index is 13.5. The number of rotatable bonds is 6. The summed E-state index contributed by atoms with van der Waals surface area (Å²) in [5.41, 5.74) is 1.38. The van der Waals surface area contributed by atoms with Crippen LogP contribution < -0.4 is 4.74 Å². The summed E-state index contributed by atoms with van der Waals surface area (Å²) in [5.74, 6) is 5.71. The van der Waals surface area contributed by atoms with Crippen LogP contribution in [0.5, 0.6) is 5.88 Å². The van der Waals surface area contributed by atoms with Crippen molar-refractivity contribution in [1.29, 1.82) is 0 Å². The molecule has 0 bridgehead atoms. The number of aromatic nitrogens is 2. The van der Waals surface area contributed by atoms with Crippen LogP contribution in [0.3, 0.4) is 0 Å². The van der Waals surface area contributed by atoms with Crippen molar-refractivity contribution in [2.24, 2.45) is 5.92 Å². The smallest absolute Gasteiger partial charge is 0.259 e. The summed E-state index contributed by atoms with van der Waals surface area (Å²) in [5, 5.41) is 9.81. The van der Waals surface area contributed by atoms with Gasteiger partial charge < -0.3 is 19.6 Å². The second-order valence-corrected chi connectivity index (χ2v) is 9.17. The highest BCUT2D eigenvalue weighted by Crippen LogP contribution is 2.27. The molecule has 1 N–H and O–H groups in total. The molecule has 186 valence electrons. The first-order chi connectivity index (χ1) is 16.7. The fraction of sp³-hybridized carbons (Fsp3) is 0.462. The highest BCUT2D eigenvalue weighted by molar-refractivity contribution is 5.97. The van der Waals surface area contributed by atoms with Crippen LogP contribution in [-0.2, 0) is 0 Å². The molecular formula is C26H33N5O4. The van der Waals surface area contributed by atoms with Crippen molar-refractivity contribution in [1.82, 2.24) is 24.7 Å². The third-order valence-electron chi connectivity index (χ3n) is 5.86. The van der Waals surface area contributed by atoms with Crippen molar-refractivity contribution < 1.29 is 19.4 Å². The normalized spacial score (nSPS) is 18.5. The number of fused-ring (bicyclic) bond motifs is 1. The molecular weight excluding hydrogens is 446 g/mol. The lowest BCUT2D eigenvalue weighted by Crippen LogP contribution is -2.50. The summed E-state index contributed by atoms with van der Waals surface area (Å²) in [6.45, 7) is 4.81. The number of likely N-dealkylation sites (N-methyl/N-ethyl adjacent to an activating group) is 1. The molecule has 1 aliphatic rings. The van der Waals surface area contributed by atoms with Crippen LogP contribution >= 0.6 is 0 Å². The summed E-state index contributed by atoms with van der Waals surface area (Å²) in [6.07, 6.45) is 4.30. The Labute approximate surface area is 206 Å². The van der Waals surface area contributed by atoms with Crippen molar-refractivity contribution in [3.05, 3.63) is 53.5 Å². The van der Waals surface area contributed by atoms with E-state index in [4.69, 9.17) is 4.74 Å². The molecule has 2 aromatic heterocycles. The van der Waals surface area contributed by atoms with Crippen LogP contribution in [-0.4, -0.2) is 101 Å². The third kappa shape index (κ3) is 6.56. The molecule has 9 heteroatoms. The molecule has 0 fully saturated rings. The van der Waals surface area contributed by atoms with Gasteiger partial charge in [0, 0.05) is 43.7 Å². The van der Waals surface area contributed by atoms with Crippen molar-refractivity contribution >= 4 is 11.8 Å². The Morgan fingerprint density at radius 3 is 2.77 bits per heavy atom. The van der Waals surface area contributed by atoms with Crippen LogP contribution in [0.15, 0.2) is 36.8 Å². The zero-order chi connectivity index (χ0) is 25.5. The molecule has 0 saturated carbocycles. The van der Waals surface area contributed by atoms with Gasteiger partial charge in [0.25, 0.3) is 11.8 Å². The molecule has 3 heterocycles. The van der Waals surface area contributed by atoms with Gasteiger partial charge in [0.05, 0.1) is 31.3 Å². The Morgan fingerprint density at radius 1 is 1.34 bits per heavy atom. The first-order valence-electron chi connectivity index (χ1n) is 11.6. The molecule has 0 spiro atoms. The maximum absolute atomic E-state index is 13.5. The quantitative estimate of drug-likeness (QED) is 0.625. The molecule has 35 heavy (non-hydrogen) atoms. The number of pyridine rings is 2. The van der Waals surface area contributed by atoms with Gasteiger partial charge in [-0.1, -0.05) is 18.8 Å². The van der Waals surface area contributed by atoms with E-state index in [-0.39, 0.29) is 36.8 Å². The first-order valence-corrected chi connectivity index (χ1v) is 11.6. The molecule has 0 radical (unpaired) electrons. The Bertz CT molecular complexity index is 1100. The number of hydrogen-bond donors (Lipinski definition) is 1. The van der Waals surface area contributed by atoms with Crippen molar-refractivity contribution in [2.75, 3.05) is 47.4 Å². The highest BCUT2D eigenvalue weighted by Gasteiger charge is 2.34. The maximum Gasteiger partial charge on any atom is 0.259 e. The van der Waals surface area contributed by atoms with Crippen LogP contribution in [0.4, 0.5) is 0 Å². The van der Waals surface area contributed by atoms with E-state index in [1.54, 1.807) is 54.4 Å². The number of carbonyl (C=O) groups excluding carboxylic acids is 2. The molecule has 0 aromatic carbocycles. The van der Waals surface area contributed by atoms with Crippen LogP contribution in [0.2, 0.25) is 0 Å². The number of aliphatic hydroxyl groups excluding tert-OH is 1. The minimum absolute atomic E-state index is 0.133. The largest absolute Gasteiger partial charge is 0.472 e. The molecule has 2 amide bonds. The zero-order valence-electron chi connectivity index (χ0n) is 20.9. The summed E-state index contributed by atoms with van der Waals surface area (Å²) >= 11 is 0. The first kappa shape index (κ1) is 26.1. The van der Waals surface area contributed by atoms with Gasteiger partial charge in [-0.2, -0.15) is 0 Å². The van der Waals surface area contributed by atoms with Gasteiger partial charge in [0.2, 0.25) is 5.88 Å². The van der Waals surface area contributed by atoms with Gasteiger partial charge >= 0.3 is 0 Å². The Morgan fingerprint density at radius 2 is 2.11 bits per heavy atom. The monoisotopic (exact) mass is 479 g/mol. The predicted molar refractivity (Wildman–Crippen MR) is 132 cm³/mol. The van der Waals surface area contributed by atoms with E-state index in [0.29, 0.717) is 29.8 Å². The number of carbonyl (C=O) groups is 2. The van der Waals surface area contributed by atoms with Crippen molar-refractivity contribution in [3.8, 4) is 17.7 Å². The van der Waals surface area contributed by atoms with Gasteiger partial charge in [-0.25, -0.2) is 4.98 Å². The minimum atomic E-state index is -0.431. The molecule has 0 saturated heterocycles. The number of ether oxygens (including phenoxy) is 1. The lowest BCUT2D eigenvalue weighted by Gasteiger charge is -2.37. The number of hydrogen-bond acceptors (Lipinski definition) is 7. The number of nitrogens with zero attached hydrogens (tertiary/aromatic N) is 5. The fourth-order valence-electron chi connectivity index (χ4n) is 3.75. The molecule has 0 aliphatic carbocycles. The fourth-order valence-corrected chi connectivity index (χ4v) is 3.75. The summed E-state index contributed by atoms with van der Waals surface area (Å²) in [7, 11) is 5.56. The second-order valence-electron chi connectivity index (χ2n) is 9.17. The lowest BCUT2D eigenvalue weighted by atomic mass is 9.99. The molecule has 3 atom stereocenters. The van der Waals surface area contributed by atoms with E-state index in [2.05, 4.69) is 21.8 Å². The highest BCUT2D eigenvalue weighted by atomic mass is 16.5. The van der Waals surface area contributed by atoms with Crippen molar-refractivity contribution in [2.45, 2.75) is 26.0 Å². The topological polar surface area (TPSA) is 99.1 Å². The zero-order valence-corrected chi connectivity index (χ0v) is 20.9. The Balaban J connectivity index is 1.93. The van der Waals surface area contributed by atoms with E-state index in [9.17, 15) is 14.7 Å². The molecule has 2 aromatic rings. The Kier molecular flexibility index (Phi) is 8.79. The standard InChI is InChI=1S/C26H33N5O4/c1-18-15-31(19(2)17-32)26(34)22-12-20(8-7-11-29(3)4)13-28-24(22)35-23(18)16-30(5)25(33)21-9-6-10-27-14-21/h6,9-10,12-14,18-19,23,32H,11,15-17H2,1-5H3/t18-,19+,23+/m0/s1. The van der Waals surface area contributed by atoms with E-state index in [1.165, 1.54) is 6.20 Å².